The summed E-state index contributed by atoms with van der Waals surface area (Å²) in [5.41, 5.74) is 6.55. The van der Waals surface area contributed by atoms with Crippen LogP contribution in [0.15, 0.2) is 18.5 Å². The highest BCUT2D eigenvalue weighted by atomic mass is 35.5. The predicted octanol–water partition coefficient (Wildman–Crippen LogP) is 1.42. The highest BCUT2D eigenvalue weighted by Crippen LogP contribution is 2.17. The van der Waals surface area contributed by atoms with Gasteiger partial charge in [0.05, 0.1) is 6.20 Å². The standard InChI is InChI=1S/C11H16FN3.ClH/c12-11-3-10(5-14-6-11)8-15-2-1-9(4-13)7-15;/h3,5-6,9H,1-2,4,7-8,13H2;1H. The van der Waals surface area contributed by atoms with Crippen LogP contribution in [0.25, 0.3) is 0 Å². The van der Waals surface area contributed by atoms with Crippen LogP contribution in [0.5, 0.6) is 0 Å². The Labute approximate surface area is 101 Å². The van der Waals surface area contributed by atoms with E-state index in [4.69, 9.17) is 5.73 Å². The van der Waals surface area contributed by atoms with Crippen molar-refractivity contribution in [3.63, 3.8) is 0 Å². The molecule has 0 aromatic carbocycles. The van der Waals surface area contributed by atoms with E-state index in [1.54, 1.807) is 12.3 Å². The summed E-state index contributed by atoms with van der Waals surface area (Å²) in [6.07, 6.45) is 4.11. The SMILES string of the molecule is Cl.NCC1CCN(Cc2cncc(F)c2)C1. The highest BCUT2D eigenvalue weighted by molar-refractivity contribution is 5.85. The van der Waals surface area contributed by atoms with Crippen molar-refractivity contribution in [3.8, 4) is 0 Å². The lowest BCUT2D eigenvalue weighted by atomic mass is 10.1. The molecule has 5 heteroatoms. The molecular weight excluding hydrogens is 229 g/mol. The Balaban J connectivity index is 0.00000128. The van der Waals surface area contributed by atoms with Crippen molar-refractivity contribution in [2.75, 3.05) is 19.6 Å². The van der Waals surface area contributed by atoms with Gasteiger partial charge in [0.15, 0.2) is 0 Å². The van der Waals surface area contributed by atoms with Gasteiger partial charge < -0.3 is 5.73 Å². The van der Waals surface area contributed by atoms with Gasteiger partial charge in [0.2, 0.25) is 0 Å². The molecule has 1 atom stereocenters. The summed E-state index contributed by atoms with van der Waals surface area (Å²) in [7, 11) is 0. The monoisotopic (exact) mass is 245 g/mol. The highest BCUT2D eigenvalue weighted by Gasteiger charge is 2.20. The van der Waals surface area contributed by atoms with Crippen LogP contribution >= 0.6 is 12.4 Å². The van der Waals surface area contributed by atoms with Crippen LogP contribution in [0, 0.1) is 11.7 Å². The Morgan fingerprint density at radius 3 is 2.94 bits per heavy atom. The summed E-state index contributed by atoms with van der Waals surface area (Å²) in [5.74, 6) is 0.341. The number of hydrogen-bond donors (Lipinski definition) is 1. The normalized spacial score (nSPS) is 20.8. The minimum Gasteiger partial charge on any atom is -0.330 e. The van der Waals surface area contributed by atoms with Crippen molar-refractivity contribution in [1.29, 1.82) is 0 Å². The molecule has 1 fully saturated rings. The van der Waals surface area contributed by atoms with Crippen LogP contribution < -0.4 is 5.73 Å². The van der Waals surface area contributed by atoms with Gasteiger partial charge in [-0.2, -0.15) is 0 Å². The van der Waals surface area contributed by atoms with E-state index in [1.165, 1.54) is 6.20 Å². The lowest BCUT2D eigenvalue weighted by Gasteiger charge is -2.15. The minimum atomic E-state index is -0.262. The summed E-state index contributed by atoms with van der Waals surface area (Å²) in [6.45, 7) is 3.60. The molecule has 3 nitrogen and oxygen atoms in total. The first-order valence-electron chi connectivity index (χ1n) is 5.30. The molecule has 2 heterocycles. The predicted molar refractivity (Wildman–Crippen MR) is 63.9 cm³/mol. The van der Waals surface area contributed by atoms with Crippen LogP contribution in [0.4, 0.5) is 4.39 Å². The number of rotatable bonds is 3. The average Bonchev–Trinajstić information content (AvgIpc) is 2.65. The minimum absolute atomic E-state index is 0. The zero-order valence-corrected chi connectivity index (χ0v) is 9.92. The van der Waals surface area contributed by atoms with Crippen LogP contribution in [-0.2, 0) is 6.54 Å². The van der Waals surface area contributed by atoms with Crippen LogP contribution in [-0.4, -0.2) is 29.5 Å². The molecular formula is C11H17ClFN3. The molecule has 2 N–H and O–H groups in total. The van der Waals surface area contributed by atoms with Crippen LogP contribution in [0.1, 0.15) is 12.0 Å². The third kappa shape index (κ3) is 3.40. The lowest BCUT2D eigenvalue weighted by Crippen LogP contribution is -2.22. The van der Waals surface area contributed by atoms with Crippen molar-refractivity contribution in [3.05, 3.63) is 29.8 Å². The van der Waals surface area contributed by atoms with Crippen molar-refractivity contribution in [2.45, 2.75) is 13.0 Å². The first-order valence-corrected chi connectivity index (χ1v) is 5.30. The molecule has 0 spiro atoms. The van der Waals surface area contributed by atoms with Gasteiger partial charge in [0.1, 0.15) is 5.82 Å². The zero-order chi connectivity index (χ0) is 10.7. The van der Waals surface area contributed by atoms with Gasteiger partial charge in [-0.3, -0.25) is 9.88 Å². The molecule has 0 saturated carbocycles. The third-order valence-electron chi connectivity index (χ3n) is 2.87. The number of nitrogens with two attached hydrogens (primary N) is 1. The van der Waals surface area contributed by atoms with E-state index in [1.807, 2.05) is 0 Å². The second-order valence-corrected chi connectivity index (χ2v) is 4.14. The average molecular weight is 246 g/mol. The molecule has 0 aliphatic carbocycles. The van der Waals surface area contributed by atoms with Crippen molar-refractivity contribution in [2.24, 2.45) is 11.7 Å². The molecule has 0 bridgehead atoms. The van der Waals surface area contributed by atoms with E-state index in [9.17, 15) is 4.39 Å². The van der Waals surface area contributed by atoms with E-state index >= 15 is 0 Å². The second-order valence-electron chi connectivity index (χ2n) is 4.14. The maximum atomic E-state index is 12.9. The van der Waals surface area contributed by atoms with Gasteiger partial charge in [0, 0.05) is 19.3 Å². The van der Waals surface area contributed by atoms with Crippen molar-refractivity contribution in [1.82, 2.24) is 9.88 Å². The van der Waals surface area contributed by atoms with Crippen LogP contribution in [0.2, 0.25) is 0 Å². The molecule has 90 valence electrons. The second kappa shape index (κ2) is 6.13. The molecule has 1 unspecified atom stereocenters. The Morgan fingerprint density at radius 1 is 1.50 bits per heavy atom. The first-order chi connectivity index (χ1) is 7.28. The molecule has 0 amide bonds. The van der Waals surface area contributed by atoms with E-state index in [-0.39, 0.29) is 18.2 Å². The molecule has 1 aliphatic rings. The van der Waals surface area contributed by atoms with E-state index in [2.05, 4.69) is 9.88 Å². The lowest BCUT2D eigenvalue weighted by molar-refractivity contribution is 0.317. The summed E-state index contributed by atoms with van der Waals surface area (Å²) < 4.78 is 12.9. The number of likely N-dealkylation sites (tertiary alicyclic amines) is 1. The largest absolute Gasteiger partial charge is 0.330 e. The molecule has 1 aromatic rings. The Morgan fingerprint density at radius 2 is 2.31 bits per heavy atom. The fourth-order valence-corrected chi connectivity index (χ4v) is 2.05. The topological polar surface area (TPSA) is 42.1 Å². The number of aromatic nitrogens is 1. The quantitative estimate of drug-likeness (QED) is 0.876. The van der Waals surface area contributed by atoms with Crippen molar-refractivity contribution >= 4 is 12.4 Å². The Bertz CT molecular complexity index is 335. The molecule has 16 heavy (non-hydrogen) atoms. The fraction of sp³-hybridized carbons (Fsp3) is 0.545. The number of pyridine rings is 1. The molecule has 1 saturated heterocycles. The summed E-state index contributed by atoms with van der Waals surface area (Å²) in [4.78, 5) is 6.14. The third-order valence-corrected chi connectivity index (χ3v) is 2.87. The number of nitrogens with zero attached hydrogens (tertiary/aromatic N) is 2. The summed E-state index contributed by atoms with van der Waals surface area (Å²) in [6, 6.07) is 1.54. The molecule has 1 aromatic heterocycles. The van der Waals surface area contributed by atoms with Crippen LogP contribution in [0.3, 0.4) is 0 Å². The van der Waals surface area contributed by atoms with E-state index in [0.717, 1.165) is 38.2 Å². The first kappa shape index (κ1) is 13.4. The summed E-state index contributed by atoms with van der Waals surface area (Å²) in [5, 5.41) is 0. The van der Waals surface area contributed by atoms with Gasteiger partial charge in [-0.1, -0.05) is 0 Å². The van der Waals surface area contributed by atoms with Gasteiger partial charge >= 0.3 is 0 Å². The smallest absolute Gasteiger partial charge is 0.141 e. The molecule has 2 rings (SSSR count). The number of halogens is 2. The maximum absolute atomic E-state index is 12.9. The molecule has 0 radical (unpaired) electrons. The Hall–Kier alpha value is -0.710. The maximum Gasteiger partial charge on any atom is 0.141 e. The van der Waals surface area contributed by atoms with E-state index < -0.39 is 0 Å². The summed E-state index contributed by atoms with van der Waals surface area (Å²) >= 11 is 0. The Kier molecular flexibility index (Phi) is 5.12. The molecule has 1 aliphatic heterocycles. The van der Waals surface area contributed by atoms with E-state index in [0.29, 0.717) is 5.92 Å². The van der Waals surface area contributed by atoms with Gasteiger partial charge in [-0.25, -0.2) is 4.39 Å². The number of hydrogen-bond acceptors (Lipinski definition) is 3. The fourth-order valence-electron chi connectivity index (χ4n) is 2.05. The van der Waals surface area contributed by atoms with Gasteiger partial charge in [0.25, 0.3) is 0 Å². The van der Waals surface area contributed by atoms with Gasteiger partial charge in [-0.15, -0.1) is 12.4 Å². The van der Waals surface area contributed by atoms with Crippen molar-refractivity contribution < 1.29 is 4.39 Å². The zero-order valence-electron chi connectivity index (χ0n) is 9.10. The van der Waals surface area contributed by atoms with Gasteiger partial charge in [-0.05, 0) is 37.1 Å².